The molecule has 0 aromatic rings. The van der Waals surface area contributed by atoms with E-state index in [2.05, 4.69) is 48.1 Å². The van der Waals surface area contributed by atoms with Crippen molar-refractivity contribution in [2.45, 2.75) is 51.3 Å². The lowest BCUT2D eigenvalue weighted by Crippen LogP contribution is -2.46. The number of nitrogens with one attached hydrogen (secondary N) is 2. The highest BCUT2D eigenvalue weighted by molar-refractivity contribution is 8.00. The zero-order chi connectivity index (χ0) is 17.2. The second kappa shape index (κ2) is 11.2. The van der Waals surface area contributed by atoms with E-state index in [1.807, 2.05) is 0 Å². The van der Waals surface area contributed by atoms with Crippen molar-refractivity contribution in [3.8, 4) is 0 Å². The number of guanidine groups is 1. The van der Waals surface area contributed by atoms with Gasteiger partial charge in [0, 0.05) is 37.5 Å². The third kappa shape index (κ3) is 7.19. The molecule has 2 aliphatic heterocycles. The minimum Gasteiger partial charge on any atom is -0.379 e. The van der Waals surface area contributed by atoms with Crippen LogP contribution >= 0.6 is 11.8 Å². The minimum atomic E-state index is 0.519. The maximum absolute atomic E-state index is 5.51. The van der Waals surface area contributed by atoms with Crippen molar-refractivity contribution in [1.82, 2.24) is 15.5 Å². The second-order valence-electron chi connectivity index (χ2n) is 7.17. The highest BCUT2D eigenvalue weighted by atomic mass is 32.2. The summed E-state index contributed by atoms with van der Waals surface area (Å²) in [5.74, 6) is 2.98. The van der Waals surface area contributed by atoms with Gasteiger partial charge in [-0.3, -0.25) is 9.89 Å². The van der Waals surface area contributed by atoms with Gasteiger partial charge in [0.15, 0.2) is 5.96 Å². The van der Waals surface area contributed by atoms with Gasteiger partial charge in [-0.15, -0.1) is 0 Å². The lowest BCUT2D eigenvalue weighted by Gasteiger charge is -2.34. The first-order valence-corrected chi connectivity index (χ1v) is 10.7. The number of hydrogen-bond acceptors (Lipinski definition) is 4. The van der Waals surface area contributed by atoms with Crippen LogP contribution in [0.1, 0.15) is 40.0 Å². The lowest BCUT2D eigenvalue weighted by molar-refractivity contribution is 0.0143. The third-order valence-electron chi connectivity index (χ3n) is 4.63. The first-order chi connectivity index (χ1) is 11.7. The van der Waals surface area contributed by atoms with Crippen LogP contribution in [0.15, 0.2) is 4.99 Å². The van der Waals surface area contributed by atoms with E-state index in [1.54, 1.807) is 0 Å². The molecule has 0 aromatic carbocycles. The van der Waals surface area contributed by atoms with E-state index in [-0.39, 0.29) is 0 Å². The minimum absolute atomic E-state index is 0.519. The van der Waals surface area contributed by atoms with Gasteiger partial charge >= 0.3 is 0 Å². The number of thioether (sulfide) groups is 1. The molecule has 2 fully saturated rings. The summed E-state index contributed by atoms with van der Waals surface area (Å²) < 4.78 is 5.51. The molecular formula is C18H36N4OS. The van der Waals surface area contributed by atoms with Gasteiger partial charge in [-0.1, -0.05) is 13.8 Å². The maximum atomic E-state index is 5.51. The fourth-order valence-corrected chi connectivity index (χ4v) is 4.58. The van der Waals surface area contributed by atoms with Crippen LogP contribution in [-0.4, -0.2) is 73.8 Å². The maximum Gasteiger partial charge on any atom is 0.191 e. The molecule has 0 aliphatic carbocycles. The molecule has 0 amide bonds. The summed E-state index contributed by atoms with van der Waals surface area (Å²) in [6, 6.07) is 0.519. The fraction of sp³-hybridized carbons (Fsp3) is 0.944. The zero-order valence-corrected chi connectivity index (χ0v) is 16.5. The fourth-order valence-electron chi connectivity index (χ4n) is 3.38. The van der Waals surface area contributed by atoms with Gasteiger partial charge in [0.05, 0.1) is 19.8 Å². The van der Waals surface area contributed by atoms with Gasteiger partial charge in [-0.25, -0.2) is 0 Å². The monoisotopic (exact) mass is 356 g/mol. The largest absolute Gasteiger partial charge is 0.379 e. The number of aliphatic imine (C=N–C) groups is 1. The van der Waals surface area contributed by atoms with Crippen molar-refractivity contribution >= 4 is 17.7 Å². The van der Waals surface area contributed by atoms with Crippen molar-refractivity contribution in [3.05, 3.63) is 0 Å². The van der Waals surface area contributed by atoms with Gasteiger partial charge in [-0.2, -0.15) is 11.8 Å². The molecule has 2 N–H and O–H groups in total. The van der Waals surface area contributed by atoms with E-state index in [1.165, 1.54) is 25.0 Å². The quantitative estimate of drug-likeness (QED) is 0.516. The van der Waals surface area contributed by atoms with Crippen molar-refractivity contribution in [2.24, 2.45) is 10.9 Å². The Morgan fingerprint density at radius 3 is 2.71 bits per heavy atom. The van der Waals surface area contributed by atoms with Crippen LogP contribution in [0, 0.1) is 5.92 Å². The molecule has 2 heterocycles. The summed E-state index contributed by atoms with van der Waals surface area (Å²) in [5.41, 5.74) is 0. The number of nitrogens with zero attached hydrogens (tertiary/aromatic N) is 2. The topological polar surface area (TPSA) is 48.9 Å². The Hall–Kier alpha value is -0.460. The Balaban J connectivity index is 1.88. The number of morpholine rings is 1. The summed E-state index contributed by atoms with van der Waals surface area (Å²) >= 11 is 2.09. The highest BCUT2D eigenvalue weighted by Crippen LogP contribution is 2.25. The molecule has 140 valence electrons. The van der Waals surface area contributed by atoms with Crippen LogP contribution in [0.3, 0.4) is 0 Å². The SMILES string of the molecule is CCNC(=NCC(CC(C)C)N1CCOCC1)NCC1CCCS1. The molecule has 2 saturated heterocycles. The van der Waals surface area contributed by atoms with Crippen LogP contribution in [-0.2, 0) is 4.74 Å². The summed E-state index contributed by atoms with van der Waals surface area (Å²) in [4.78, 5) is 7.46. The number of ether oxygens (including phenoxy) is 1. The molecule has 24 heavy (non-hydrogen) atoms. The van der Waals surface area contributed by atoms with Crippen molar-refractivity contribution in [3.63, 3.8) is 0 Å². The normalized spacial score (nSPS) is 24.3. The molecule has 0 aromatic heterocycles. The Bertz CT molecular complexity index is 366. The Morgan fingerprint density at radius 1 is 1.29 bits per heavy atom. The second-order valence-corrected chi connectivity index (χ2v) is 8.58. The van der Waals surface area contributed by atoms with E-state index in [9.17, 15) is 0 Å². The van der Waals surface area contributed by atoms with E-state index >= 15 is 0 Å². The van der Waals surface area contributed by atoms with Crippen molar-refractivity contribution in [2.75, 3.05) is 51.7 Å². The Morgan fingerprint density at radius 2 is 2.08 bits per heavy atom. The Labute approximate surface area is 152 Å². The summed E-state index contributed by atoms with van der Waals surface area (Å²) in [6.45, 7) is 13.3. The van der Waals surface area contributed by atoms with Gasteiger partial charge in [-0.05, 0) is 37.9 Å². The molecule has 6 heteroatoms. The van der Waals surface area contributed by atoms with Gasteiger partial charge in [0.25, 0.3) is 0 Å². The molecule has 0 saturated carbocycles. The van der Waals surface area contributed by atoms with Gasteiger partial charge in [0.2, 0.25) is 0 Å². The molecule has 0 radical (unpaired) electrons. The van der Waals surface area contributed by atoms with Crippen molar-refractivity contribution in [1.29, 1.82) is 0 Å². The smallest absolute Gasteiger partial charge is 0.191 e. The molecule has 2 atom stereocenters. The van der Waals surface area contributed by atoms with Crippen LogP contribution < -0.4 is 10.6 Å². The summed E-state index contributed by atoms with van der Waals surface area (Å²) in [5, 5.41) is 7.70. The first-order valence-electron chi connectivity index (χ1n) is 9.64. The van der Waals surface area contributed by atoms with Gasteiger partial charge < -0.3 is 15.4 Å². The first kappa shape index (κ1) is 19.9. The summed E-state index contributed by atoms with van der Waals surface area (Å²) in [6.07, 6.45) is 3.89. The molecule has 2 unspecified atom stereocenters. The Kier molecular flexibility index (Phi) is 9.28. The average Bonchev–Trinajstić information content (AvgIpc) is 3.10. The van der Waals surface area contributed by atoms with Crippen LogP contribution in [0.2, 0.25) is 0 Å². The predicted octanol–water partition coefficient (Wildman–Crippen LogP) is 2.18. The predicted molar refractivity (Wildman–Crippen MR) is 105 cm³/mol. The van der Waals surface area contributed by atoms with E-state index < -0.39 is 0 Å². The lowest BCUT2D eigenvalue weighted by atomic mass is 10.0. The molecule has 2 rings (SSSR count). The molecule has 0 bridgehead atoms. The average molecular weight is 357 g/mol. The molecule has 5 nitrogen and oxygen atoms in total. The van der Waals surface area contributed by atoms with E-state index in [0.717, 1.165) is 57.1 Å². The van der Waals surface area contributed by atoms with E-state index in [0.29, 0.717) is 12.0 Å². The number of hydrogen-bond donors (Lipinski definition) is 2. The van der Waals surface area contributed by atoms with Crippen LogP contribution in [0.5, 0.6) is 0 Å². The standard InChI is InChI=1S/C18H36N4OS/c1-4-19-18(21-14-17-6-5-11-24-17)20-13-16(12-15(2)3)22-7-9-23-10-8-22/h15-17H,4-14H2,1-3H3,(H2,19,20,21). The molecular weight excluding hydrogens is 320 g/mol. The van der Waals surface area contributed by atoms with Crippen LogP contribution in [0.25, 0.3) is 0 Å². The van der Waals surface area contributed by atoms with Gasteiger partial charge in [0.1, 0.15) is 0 Å². The van der Waals surface area contributed by atoms with E-state index in [4.69, 9.17) is 9.73 Å². The molecule has 2 aliphatic rings. The summed E-state index contributed by atoms with van der Waals surface area (Å²) in [7, 11) is 0. The molecule has 0 spiro atoms. The third-order valence-corrected chi connectivity index (χ3v) is 6.03. The highest BCUT2D eigenvalue weighted by Gasteiger charge is 2.22. The van der Waals surface area contributed by atoms with Crippen LogP contribution in [0.4, 0.5) is 0 Å². The number of rotatable bonds is 8. The van der Waals surface area contributed by atoms with Crippen molar-refractivity contribution < 1.29 is 4.74 Å². The zero-order valence-electron chi connectivity index (χ0n) is 15.7.